The van der Waals surface area contributed by atoms with Gasteiger partial charge in [0.15, 0.2) is 23.1 Å². The molecule has 0 spiro atoms. The van der Waals surface area contributed by atoms with Gasteiger partial charge in [-0.3, -0.25) is 4.79 Å². The van der Waals surface area contributed by atoms with Crippen molar-refractivity contribution in [2.24, 2.45) is 0 Å². The van der Waals surface area contributed by atoms with Crippen molar-refractivity contribution in [2.75, 3.05) is 0 Å². The average Bonchev–Trinajstić information content (AvgIpc) is 3.16. The van der Waals surface area contributed by atoms with Gasteiger partial charge in [0.2, 0.25) is 0 Å². The van der Waals surface area contributed by atoms with Crippen molar-refractivity contribution >= 4 is 17.5 Å². The van der Waals surface area contributed by atoms with Crippen molar-refractivity contribution in [3.63, 3.8) is 0 Å². The number of carbonyl (C=O) groups is 1. The van der Waals surface area contributed by atoms with Crippen LogP contribution in [0.3, 0.4) is 0 Å². The lowest BCUT2D eigenvalue weighted by Crippen LogP contribution is -2.31. The fourth-order valence-corrected chi connectivity index (χ4v) is 3.57. The Hall–Kier alpha value is -2.80. The summed E-state index contributed by atoms with van der Waals surface area (Å²) in [6, 6.07) is 8.48. The average molecular weight is 406 g/mol. The third kappa shape index (κ3) is 2.77. The van der Waals surface area contributed by atoms with Crippen LogP contribution in [0.5, 0.6) is 0 Å². The Kier molecular flexibility index (Phi) is 4.42. The highest BCUT2D eigenvalue weighted by molar-refractivity contribution is 6.32. The molecular formula is C20H15ClF3N3O. The number of para-hydroxylation sites is 1. The molecule has 8 heteroatoms. The van der Waals surface area contributed by atoms with Crippen LogP contribution in [0.25, 0.3) is 16.9 Å². The molecule has 4 rings (SSSR count). The second-order valence-electron chi connectivity index (χ2n) is 6.82. The monoisotopic (exact) mass is 405 g/mol. The molecule has 0 fully saturated rings. The summed E-state index contributed by atoms with van der Waals surface area (Å²) in [5.74, 6) is -4.47. The summed E-state index contributed by atoms with van der Waals surface area (Å²) < 4.78 is 42.7. The number of benzene rings is 2. The van der Waals surface area contributed by atoms with E-state index in [1.807, 2.05) is 13.8 Å². The molecule has 0 bridgehead atoms. The number of fused-ring (bicyclic) bond motifs is 1. The van der Waals surface area contributed by atoms with E-state index in [4.69, 9.17) is 11.6 Å². The smallest absolute Gasteiger partial charge is 0.275 e. The maximum absolute atomic E-state index is 13.9. The molecule has 4 nitrogen and oxygen atoms in total. The van der Waals surface area contributed by atoms with Gasteiger partial charge in [-0.05, 0) is 38.1 Å². The summed E-state index contributed by atoms with van der Waals surface area (Å²) in [6.45, 7) is 3.96. The molecule has 144 valence electrons. The van der Waals surface area contributed by atoms with Crippen LogP contribution in [0.1, 0.15) is 29.9 Å². The Bertz CT molecular complexity index is 1090. The lowest BCUT2D eigenvalue weighted by atomic mass is 10.1. The summed E-state index contributed by atoms with van der Waals surface area (Å²) in [4.78, 5) is 14.4. The predicted octanol–water partition coefficient (Wildman–Crippen LogP) is 4.97. The molecule has 0 aliphatic carbocycles. The highest BCUT2D eigenvalue weighted by Gasteiger charge is 2.37. The quantitative estimate of drug-likeness (QED) is 0.577. The number of halogens is 4. The van der Waals surface area contributed by atoms with Gasteiger partial charge in [-0.2, -0.15) is 5.10 Å². The molecule has 0 radical (unpaired) electrons. The van der Waals surface area contributed by atoms with Crippen molar-refractivity contribution in [3.8, 4) is 16.9 Å². The fourth-order valence-electron chi connectivity index (χ4n) is 3.35. The number of amides is 1. The topological polar surface area (TPSA) is 38.1 Å². The molecule has 1 aliphatic rings. The third-order valence-corrected chi connectivity index (χ3v) is 5.06. The molecule has 0 unspecified atom stereocenters. The van der Waals surface area contributed by atoms with E-state index in [0.717, 1.165) is 12.1 Å². The minimum absolute atomic E-state index is 0.0727. The molecule has 0 atom stereocenters. The minimum atomic E-state index is -1.55. The fraction of sp³-hybridized carbons (Fsp3) is 0.200. The summed E-state index contributed by atoms with van der Waals surface area (Å²) in [6.07, 6.45) is 0. The zero-order chi connectivity index (χ0) is 20.2. The van der Waals surface area contributed by atoms with Crippen LogP contribution in [0, 0.1) is 17.5 Å². The molecule has 28 heavy (non-hydrogen) atoms. The predicted molar refractivity (Wildman–Crippen MR) is 98.9 cm³/mol. The standard InChI is InChI=1S/C20H15ClF3N3O/c1-10(2)26-9-12-18(20(26)28)25-27(16-6-4-3-5-13(16)21)19(12)11-7-14(22)17(24)15(23)8-11/h3-8,10H,9H2,1-2H3. The van der Waals surface area contributed by atoms with Crippen LogP contribution < -0.4 is 0 Å². The molecule has 1 amide bonds. The van der Waals surface area contributed by atoms with Crippen molar-refractivity contribution in [2.45, 2.75) is 26.4 Å². The van der Waals surface area contributed by atoms with E-state index in [9.17, 15) is 18.0 Å². The van der Waals surface area contributed by atoms with E-state index >= 15 is 0 Å². The molecule has 1 aliphatic heterocycles. The SMILES string of the molecule is CC(C)N1Cc2c(nn(-c3ccccc3Cl)c2-c2cc(F)c(F)c(F)c2)C1=O. The van der Waals surface area contributed by atoms with Gasteiger partial charge in [0.1, 0.15) is 0 Å². The van der Waals surface area contributed by atoms with Gasteiger partial charge in [-0.15, -0.1) is 0 Å². The summed E-state index contributed by atoms with van der Waals surface area (Å²) in [7, 11) is 0. The molecule has 0 N–H and O–H groups in total. The largest absolute Gasteiger partial charge is 0.330 e. The molecule has 0 saturated heterocycles. The first-order valence-electron chi connectivity index (χ1n) is 8.62. The van der Waals surface area contributed by atoms with Crippen LogP contribution in [-0.4, -0.2) is 26.6 Å². The molecule has 0 saturated carbocycles. The van der Waals surface area contributed by atoms with E-state index < -0.39 is 17.5 Å². The Labute approximate surface area is 164 Å². The van der Waals surface area contributed by atoms with Gasteiger partial charge in [-0.25, -0.2) is 17.9 Å². The molecule has 1 aromatic heterocycles. The van der Waals surface area contributed by atoms with Gasteiger partial charge in [0.25, 0.3) is 5.91 Å². The first-order valence-corrected chi connectivity index (χ1v) is 9.00. The van der Waals surface area contributed by atoms with E-state index in [-0.39, 0.29) is 29.8 Å². The summed E-state index contributed by atoms with van der Waals surface area (Å²) in [5.41, 5.74) is 1.53. The number of nitrogens with zero attached hydrogens (tertiary/aromatic N) is 3. The number of aromatic nitrogens is 2. The Morgan fingerprint density at radius 1 is 1.11 bits per heavy atom. The third-order valence-electron chi connectivity index (χ3n) is 4.74. The van der Waals surface area contributed by atoms with E-state index in [2.05, 4.69) is 5.10 Å². The number of rotatable bonds is 3. The normalized spacial score (nSPS) is 13.5. The molecule has 2 aromatic carbocycles. The van der Waals surface area contributed by atoms with E-state index in [1.54, 1.807) is 29.2 Å². The maximum atomic E-state index is 13.9. The lowest BCUT2D eigenvalue weighted by Gasteiger charge is -2.21. The minimum Gasteiger partial charge on any atom is -0.330 e. The Morgan fingerprint density at radius 3 is 2.36 bits per heavy atom. The van der Waals surface area contributed by atoms with Crippen molar-refractivity contribution < 1.29 is 18.0 Å². The summed E-state index contributed by atoms with van der Waals surface area (Å²) >= 11 is 6.28. The van der Waals surface area contributed by atoms with Gasteiger partial charge in [-0.1, -0.05) is 23.7 Å². The molecule has 2 heterocycles. The van der Waals surface area contributed by atoms with E-state index in [0.29, 0.717) is 22.0 Å². The van der Waals surface area contributed by atoms with Crippen LogP contribution in [0.2, 0.25) is 5.02 Å². The number of carbonyl (C=O) groups excluding carboxylic acids is 1. The zero-order valence-electron chi connectivity index (χ0n) is 15.0. The van der Waals surface area contributed by atoms with E-state index in [1.165, 1.54) is 4.68 Å². The van der Waals surface area contributed by atoms with Gasteiger partial charge < -0.3 is 4.90 Å². The first kappa shape index (κ1) is 18.6. The Balaban J connectivity index is 2.00. The first-order chi connectivity index (χ1) is 13.3. The van der Waals surface area contributed by atoms with Crippen molar-refractivity contribution in [3.05, 3.63) is 70.1 Å². The van der Waals surface area contributed by atoms with Crippen LogP contribution in [0.4, 0.5) is 13.2 Å². The van der Waals surface area contributed by atoms with Crippen LogP contribution in [-0.2, 0) is 6.54 Å². The highest BCUT2D eigenvalue weighted by atomic mass is 35.5. The maximum Gasteiger partial charge on any atom is 0.275 e. The number of hydrogen-bond acceptors (Lipinski definition) is 2. The molecule has 3 aromatic rings. The van der Waals surface area contributed by atoms with Crippen molar-refractivity contribution in [1.29, 1.82) is 0 Å². The van der Waals surface area contributed by atoms with Gasteiger partial charge in [0.05, 0.1) is 22.9 Å². The van der Waals surface area contributed by atoms with Crippen LogP contribution in [0.15, 0.2) is 36.4 Å². The zero-order valence-corrected chi connectivity index (χ0v) is 15.8. The van der Waals surface area contributed by atoms with Crippen LogP contribution >= 0.6 is 11.6 Å². The van der Waals surface area contributed by atoms with Gasteiger partial charge in [0, 0.05) is 17.2 Å². The highest BCUT2D eigenvalue weighted by Crippen LogP contribution is 2.37. The summed E-state index contributed by atoms with van der Waals surface area (Å²) in [5, 5.41) is 4.74. The van der Waals surface area contributed by atoms with Gasteiger partial charge >= 0.3 is 0 Å². The number of hydrogen-bond donors (Lipinski definition) is 0. The molecular weight excluding hydrogens is 391 g/mol. The second-order valence-corrected chi connectivity index (χ2v) is 7.23. The lowest BCUT2D eigenvalue weighted by molar-refractivity contribution is 0.0724. The second kappa shape index (κ2) is 6.67. The van der Waals surface area contributed by atoms with Crippen molar-refractivity contribution in [1.82, 2.24) is 14.7 Å². The Morgan fingerprint density at radius 2 is 1.75 bits per heavy atom.